The third-order valence-corrected chi connectivity index (χ3v) is 5.97. The molecule has 1 aliphatic rings. The summed E-state index contributed by atoms with van der Waals surface area (Å²) in [6, 6.07) is 14.6. The van der Waals surface area contributed by atoms with Gasteiger partial charge in [0, 0.05) is 19.3 Å². The van der Waals surface area contributed by atoms with Crippen LogP contribution in [-0.2, 0) is 13.1 Å². The predicted octanol–water partition coefficient (Wildman–Crippen LogP) is 5.66. The van der Waals surface area contributed by atoms with E-state index in [-0.39, 0.29) is 11.3 Å². The molecule has 1 N–H and O–H groups in total. The van der Waals surface area contributed by atoms with Crippen LogP contribution in [0.25, 0.3) is 11.4 Å². The lowest BCUT2D eigenvalue weighted by atomic mass is 10.2. The van der Waals surface area contributed by atoms with Gasteiger partial charge in [0.15, 0.2) is 0 Å². The molecule has 0 spiro atoms. The van der Waals surface area contributed by atoms with Gasteiger partial charge in [-0.1, -0.05) is 47.5 Å². The molecule has 4 aromatic rings. The van der Waals surface area contributed by atoms with Gasteiger partial charge in [-0.2, -0.15) is 0 Å². The molecule has 0 fully saturated rings. The fourth-order valence-corrected chi connectivity index (χ4v) is 4.28. The van der Waals surface area contributed by atoms with E-state index in [9.17, 15) is 4.79 Å². The quantitative estimate of drug-likeness (QED) is 0.409. The monoisotopic (exact) mass is 467 g/mol. The number of hydrogen-bond donors (Lipinski definition) is 1. The number of fused-ring (bicyclic) bond motifs is 1. The van der Waals surface area contributed by atoms with E-state index >= 15 is 0 Å². The molecule has 162 valence electrons. The van der Waals surface area contributed by atoms with E-state index in [1.165, 1.54) is 0 Å². The maximum atomic E-state index is 13.2. The number of para-hydroxylation sites is 2. The SMILES string of the molecule is Cc1ccccc1Oc1c(-c2ccnc(Nc3c(Cl)cccc3Cl)n2)n2n(c1=O)CCC2. The highest BCUT2D eigenvalue weighted by Gasteiger charge is 2.27. The van der Waals surface area contributed by atoms with Crippen LogP contribution < -0.4 is 15.6 Å². The number of rotatable bonds is 5. The lowest BCUT2D eigenvalue weighted by molar-refractivity contribution is 0.472. The Morgan fingerprint density at radius 3 is 2.53 bits per heavy atom. The number of ether oxygens (including phenoxy) is 1. The van der Waals surface area contributed by atoms with E-state index in [0.29, 0.717) is 51.9 Å². The first-order valence-electron chi connectivity index (χ1n) is 10.1. The molecular formula is C23H19Cl2N5O2. The lowest BCUT2D eigenvalue weighted by Crippen LogP contribution is -2.17. The average Bonchev–Trinajstić information content (AvgIpc) is 3.35. The van der Waals surface area contributed by atoms with E-state index in [1.807, 2.05) is 35.9 Å². The van der Waals surface area contributed by atoms with Crippen molar-refractivity contribution in [1.29, 1.82) is 0 Å². The Hall–Kier alpha value is -3.29. The van der Waals surface area contributed by atoms with Crippen molar-refractivity contribution in [3.05, 3.63) is 80.7 Å². The molecule has 0 saturated carbocycles. The van der Waals surface area contributed by atoms with Crippen molar-refractivity contribution < 1.29 is 4.74 Å². The van der Waals surface area contributed by atoms with E-state index in [4.69, 9.17) is 27.9 Å². The molecule has 2 aromatic carbocycles. The summed E-state index contributed by atoms with van der Waals surface area (Å²) >= 11 is 12.6. The molecule has 0 unspecified atom stereocenters. The number of benzene rings is 2. The molecule has 2 aromatic heterocycles. The molecular weight excluding hydrogens is 449 g/mol. The van der Waals surface area contributed by atoms with E-state index < -0.39 is 0 Å². The van der Waals surface area contributed by atoms with Crippen LogP contribution in [0.15, 0.2) is 59.5 Å². The first kappa shape index (κ1) is 20.6. The van der Waals surface area contributed by atoms with Crippen molar-refractivity contribution in [2.75, 3.05) is 5.32 Å². The van der Waals surface area contributed by atoms with E-state index in [1.54, 1.807) is 35.1 Å². The molecule has 0 atom stereocenters. The number of anilines is 2. The second kappa shape index (κ2) is 8.33. The maximum absolute atomic E-state index is 13.2. The van der Waals surface area contributed by atoms with Crippen LogP contribution in [0.3, 0.4) is 0 Å². The minimum Gasteiger partial charge on any atom is -0.449 e. The van der Waals surface area contributed by atoms with Crippen molar-refractivity contribution >= 4 is 34.8 Å². The highest BCUT2D eigenvalue weighted by molar-refractivity contribution is 6.39. The zero-order chi connectivity index (χ0) is 22.2. The van der Waals surface area contributed by atoms with Gasteiger partial charge in [-0.15, -0.1) is 0 Å². The van der Waals surface area contributed by atoms with Crippen LogP contribution >= 0.6 is 23.2 Å². The Morgan fingerprint density at radius 2 is 1.75 bits per heavy atom. The molecule has 0 radical (unpaired) electrons. The number of aryl methyl sites for hydroxylation is 1. The normalized spacial score (nSPS) is 12.6. The standard InChI is InChI=1S/C23H19Cl2N5O2/c1-14-6-2-3-9-18(14)32-21-20(29-12-5-13-30(29)22(21)31)17-10-11-26-23(27-17)28-19-15(24)7-4-8-16(19)25/h2-4,6-11H,5,12-13H2,1H3,(H,26,27,28). The minimum atomic E-state index is -0.178. The van der Waals surface area contributed by atoms with Crippen molar-refractivity contribution in [3.63, 3.8) is 0 Å². The van der Waals surface area contributed by atoms with Gasteiger partial charge >= 0.3 is 5.56 Å². The summed E-state index contributed by atoms with van der Waals surface area (Å²) in [5.74, 6) is 1.19. The molecule has 0 aliphatic carbocycles. The summed E-state index contributed by atoms with van der Waals surface area (Å²) in [7, 11) is 0. The number of aromatic nitrogens is 4. The molecule has 3 heterocycles. The Kier molecular flexibility index (Phi) is 5.36. The predicted molar refractivity (Wildman–Crippen MR) is 125 cm³/mol. The third kappa shape index (κ3) is 3.63. The Morgan fingerprint density at radius 1 is 1.00 bits per heavy atom. The van der Waals surface area contributed by atoms with E-state index in [2.05, 4.69) is 15.3 Å². The van der Waals surface area contributed by atoms with Crippen LogP contribution in [0, 0.1) is 6.92 Å². The van der Waals surface area contributed by atoms with Crippen LogP contribution in [0.1, 0.15) is 12.0 Å². The Balaban J connectivity index is 1.60. The molecule has 32 heavy (non-hydrogen) atoms. The summed E-state index contributed by atoms with van der Waals surface area (Å²) in [6.45, 7) is 3.27. The van der Waals surface area contributed by atoms with Crippen LogP contribution in [0.2, 0.25) is 10.0 Å². The molecule has 1 aliphatic heterocycles. The summed E-state index contributed by atoms with van der Waals surface area (Å²) in [4.78, 5) is 22.1. The van der Waals surface area contributed by atoms with Crippen molar-refractivity contribution in [2.24, 2.45) is 0 Å². The summed E-state index contributed by atoms with van der Waals surface area (Å²) in [5, 5.41) is 3.99. The van der Waals surface area contributed by atoms with Gasteiger partial charge in [-0.25, -0.2) is 14.6 Å². The van der Waals surface area contributed by atoms with Gasteiger partial charge in [0.05, 0.1) is 21.4 Å². The first-order valence-corrected chi connectivity index (χ1v) is 10.9. The van der Waals surface area contributed by atoms with Crippen LogP contribution in [0.5, 0.6) is 11.5 Å². The zero-order valence-corrected chi connectivity index (χ0v) is 18.7. The summed E-state index contributed by atoms with van der Waals surface area (Å²) in [6.07, 6.45) is 2.50. The highest BCUT2D eigenvalue weighted by atomic mass is 35.5. The van der Waals surface area contributed by atoms with E-state index in [0.717, 1.165) is 12.0 Å². The average molecular weight is 468 g/mol. The van der Waals surface area contributed by atoms with Gasteiger partial charge in [-0.05, 0) is 43.2 Å². The smallest absolute Gasteiger partial charge is 0.310 e. The Bertz CT molecular complexity index is 1360. The molecule has 0 bridgehead atoms. The first-order chi connectivity index (χ1) is 15.5. The van der Waals surface area contributed by atoms with Crippen LogP contribution in [0.4, 0.5) is 11.6 Å². The lowest BCUT2D eigenvalue weighted by Gasteiger charge is -2.12. The topological polar surface area (TPSA) is 74.0 Å². The molecule has 0 amide bonds. The van der Waals surface area contributed by atoms with Crippen molar-refractivity contribution in [3.8, 4) is 22.9 Å². The highest BCUT2D eigenvalue weighted by Crippen LogP contribution is 2.35. The second-order valence-electron chi connectivity index (χ2n) is 7.44. The fraction of sp³-hybridized carbons (Fsp3) is 0.174. The number of hydrogen-bond acceptors (Lipinski definition) is 5. The molecule has 9 heteroatoms. The molecule has 5 rings (SSSR count). The van der Waals surface area contributed by atoms with Gasteiger partial charge in [0.1, 0.15) is 11.4 Å². The van der Waals surface area contributed by atoms with Gasteiger partial charge in [0.2, 0.25) is 11.7 Å². The fourth-order valence-electron chi connectivity index (χ4n) is 3.79. The second-order valence-corrected chi connectivity index (χ2v) is 8.25. The zero-order valence-electron chi connectivity index (χ0n) is 17.2. The molecule has 0 saturated heterocycles. The van der Waals surface area contributed by atoms with Gasteiger partial charge < -0.3 is 10.1 Å². The number of halogens is 2. The third-order valence-electron chi connectivity index (χ3n) is 5.34. The Labute approximate surface area is 194 Å². The number of nitrogens with one attached hydrogen (secondary N) is 1. The molecule has 7 nitrogen and oxygen atoms in total. The number of nitrogens with zero attached hydrogens (tertiary/aromatic N) is 4. The minimum absolute atomic E-state index is 0.178. The van der Waals surface area contributed by atoms with Crippen molar-refractivity contribution in [2.45, 2.75) is 26.4 Å². The van der Waals surface area contributed by atoms with Crippen LogP contribution in [-0.4, -0.2) is 19.3 Å². The van der Waals surface area contributed by atoms with Crippen molar-refractivity contribution in [1.82, 2.24) is 19.3 Å². The summed E-state index contributed by atoms with van der Waals surface area (Å²) < 4.78 is 9.76. The largest absolute Gasteiger partial charge is 0.449 e. The van der Waals surface area contributed by atoms with Gasteiger partial charge in [0.25, 0.3) is 0 Å². The maximum Gasteiger partial charge on any atom is 0.310 e. The summed E-state index contributed by atoms with van der Waals surface area (Å²) in [5.41, 5.74) is 2.46. The van der Waals surface area contributed by atoms with Gasteiger partial charge in [-0.3, -0.25) is 9.48 Å².